The molecule has 1 aliphatic heterocycles. The van der Waals surface area contributed by atoms with Crippen LogP contribution in [-0.4, -0.2) is 25.0 Å². The lowest BCUT2D eigenvalue weighted by Crippen LogP contribution is -2.46. The zero-order chi connectivity index (χ0) is 11.7. The number of ether oxygens (including phenoxy) is 1. The van der Waals surface area contributed by atoms with Crippen molar-refractivity contribution in [1.82, 2.24) is 5.32 Å². The smallest absolute Gasteiger partial charge is 0.328 e. The Balaban J connectivity index is 2.34. The third-order valence-electron chi connectivity index (χ3n) is 2.53. The van der Waals surface area contributed by atoms with Crippen molar-refractivity contribution in [3.05, 3.63) is 33.8 Å². The van der Waals surface area contributed by atoms with Crippen LogP contribution >= 0.6 is 15.9 Å². The predicted octanol–water partition coefficient (Wildman–Crippen LogP) is 1.28. The first-order chi connectivity index (χ1) is 7.61. The molecule has 0 spiro atoms. The molecule has 0 bridgehead atoms. The minimum atomic E-state index is -0.584. The molecule has 1 aromatic rings. The molecule has 4 nitrogen and oxygen atoms in total. The summed E-state index contributed by atoms with van der Waals surface area (Å²) in [6.45, 7) is 0. The van der Waals surface area contributed by atoms with Crippen LogP contribution in [0.25, 0.3) is 0 Å². The first-order valence-corrected chi connectivity index (χ1v) is 5.58. The van der Waals surface area contributed by atoms with Gasteiger partial charge in [-0.1, -0.05) is 15.9 Å². The average molecular weight is 284 g/mol. The lowest BCUT2D eigenvalue weighted by Gasteiger charge is -2.23. The highest BCUT2D eigenvalue weighted by molar-refractivity contribution is 9.10. The van der Waals surface area contributed by atoms with E-state index in [9.17, 15) is 9.59 Å². The molecule has 0 saturated carbocycles. The average Bonchev–Trinajstić information content (AvgIpc) is 2.27. The van der Waals surface area contributed by atoms with Crippen molar-refractivity contribution in [2.24, 2.45) is 0 Å². The van der Waals surface area contributed by atoms with Gasteiger partial charge in [0.25, 0.3) is 5.91 Å². The number of carbonyl (C=O) groups excluding carboxylic acids is 2. The van der Waals surface area contributed by atoms with Gasteiger partial charge in [0.2, 0.25) is 0 Å². The Morgan fingerprint density at radius 3 is 3.00 bits per heavy atom. The van der Waals surface area contributed by atoms with Crippen molar-refractivity contribution in [3.63, 3.8) is 0 Å². The minimum absolute atomic E-state index is 0.232. The highest BCUT2D eigenvalue weighted by atomic mass is 79.9. The van der Waals surface area contributed by atoms with Crippen LogP contribution in [0, 0.1) is 0 Å². The predicted molar refractivity (Wildman–Crippen MR) is 61.1 cm³/mol. The van der Waals surface area contributed by atoms with Gasteiger partial charge in [-0.2, -0.15) is 0 Å². The molecule has 2 rings (SSSR count). The van der Waals surface area contributed by atoms with Gasteiger partial charge in [-0.3, -0.25) is 4.79 Å². The van der Waals surface area contributed by atoms with Gasteiger partial charge in [-0.05, 0) is 23.8 Å². The molecular weight excluding hydrogens is 274 g/mol. The Hall–Kier alpha value is -1.36. The van der Waals surface area contributed by atoms with Crippen molar-refractivity contribution < 1.29 is 14.3 Å². The second-order valence-corrected chi connectivity index (χ2v) is 4.47. The third-order valence-corrected chi connectivity index (χ3v) is 3.02. The maximum absolute atomic E-state index is 11.7. The highest BCUT2D eigenvalue weighted by Gasteiger charge is 2.29. The fraction of sp³-hybridized carbons (Fsp3) is 0.273. The monoisotopic (exact) mass is 283 g/mol. The number of benzene rings is 1. The fourth-order valence-electron chi connectivity index (χ4n) is 1.74. The molecule has 16 heavy (non-hydrogen) atoms. The van der Waals surface area contributed by atoms with Crippen LogP contribution in [0.2, 0.25) is 0 Å². The number of hydrogen-bond donors (Lipinski definition) is 1. The largest absolute Gasteiger partial charge is 0.467 e. The molecule has 0 saturated heterocycles. The summed E-state index contributed by atoms with van der Waals surface area (Å²) in [5.74, 6) is -0.650. The van der Waals surface area contributed by atoms with Gasteiger partial charge in [-0.15, -0.1) is 0 Å². The van der Waals surface area contributed by atoms with Gasteiger partial charge in [-0.25, -0.2) is 4.79 Å². The topological polar surface area (TPSA) is 55.4 Å². The van der Waals surface area contributed by atoms with E-state index in [4.69, 9.17) is 0 Å². The molecule has 0 aliphatic carbocycles. The molecule has 0 fully saturated rings. The van der Waals surface area contributed by atoms with Crippen molar-refractivity contribution >= 4 is 27.8 Å². The van der Waals surface area contributed by atoms with E-state index in [-0.39, 0.29) is 5.91 Å². The molecule has 1 amide bonds. The molecule has 1 aliphatic rings. The summed E-state index contributed by atoms with van der Waals surface area (Å²) < 4.78 is 5.51. The lowest BCUT2D eigenvalue weighted by molar-refractivity contribution is -0.142. The Labute approximate surface area is 101 Å². The number of nitrogens with one attached hydrogen (secondary N) is 1. The van der Waals surface area contributed by atoms with E-state index in [1.165, 1.54) is 7.11 Å². The van der Waals surface area contributed by atoms with Crippen LogP contribution in [0.3, 0.4) is 0 Å². The van der Waals surface area contributed by atoms with Crippen LogP contribution in [0.5, 0.6) is 0 Å². The lowest BCUT2D eigenvalue weighted by atomic mass is 9.95. The molecule has 0 radical (unpaired) electrons. The maximum Gasteiger partial charge on any atom is 0.328 e. The van der Waals surface area contributed by atoms with Crippen LogP contribution in [0.15, 0.2) is 22.7 Å². The molecule has 1 atom stereocenters. The van der Waals surface area contributed by atoms with Crippen LogP contribution < -0.4 is 5.32 Å². The molecule has 5 heteroatoms. The van der Waals surface area contributed by atoms with Gasteiger partial charge >= 0.3 is 5.97 Å². The first-order valence-electron chi connectivity index (χ1n) is 4.79. The van der Waals surface area contributed by atoms with E-state index in [1.54, 1.807) is 12.1 Å². The summed E-state index contributed by atoms with van der Waals surface area (Å²) >= 11 is 3.34. The van der Waals surface area contributed by atoms with Crippen molar-refractivity contribution in [1.29, 1.82) is 0 Å². The summed E-state index contributed by atoms with van der Waals surface area (Å²) in [5.41, 5.74) is 1.47. The van der Waals surface area contributed by atoms with E-state index in [0.717, 1.165) is 10.0 Å². The maximum atomic E-state index is 11.7. The molecule has 84 valence electrons. The second-order valence-electron chi connectivity index (χ2n) is 3.55. The standard InChI is InChI=1S/C11H10BrNO3/c1-16-11(15)9-5-6-4-7(12)2-3-8(6)10(14)13-9/h2-4,9H,5H2,1H3,(H,13,14)/t9-/m1/s1. The van der Waals surface area contributed by atoms with Gasteiger partial charge < -0.3 is 10.1 Å². The SMILES string of the molecule is COC(=O)[C@H]1Cc2cc(Br)ccc2C(=O)N1. The number of esters is 1. The van der Waals surface area contributed by atoms with Crippen LogP contribution in [-0.2, 0) is 16.0 Å². The molecule has 1 N–H and O–H groups in total. The molecule has 0 aromatic heterocycles. The van der Waals surface area contributed by atoms with Gasteiger partial charge in [0.15, 0.2) is 0 Å². The number of rotatable bonds is 1. The van der Waals surface area contributed by atoms with E-state index in [1.807, 2.05) is 6.07 Å². The van der Waals surface area contributed by atoms with E-state index < -0.39 is 12.0 Å². The Bertz CT molecular complexity index is 459. The summed E-state index contributed by atoms with van der Waals surface area (Å²) in [4.78, 5) is 23.1. The van der Waals surface area contributed by atoms with Gasteiger partial charge in [0.05, 0.1) is 7.11 Å². The second kappa shape index (κ2) is 4.25. The van der Waals surface area contributed by atoms with E-state index in [0.29, 0.717) is 12.0 Å². The number of halogens is 1. The van der Waals surface area contributed by atoms with Crippen molar-refractivity contribution in [2.45, 2.75) is 12.5 Å². The first kappa shape index (κ1) is 11.1. The normalized spacial score (nSPS) is 18.6. The number of fused-ring (bicyclic) bond motifs is 1. The Kier molecular flexibility index (Phi) is 2.96. The van der Waals surface area contributed by atoms with Crippen LogP contribution in [0.1, 0.15) is 15.9 Å². The van der Waals surface area contributed by atoms with Gasteiger partial charge in [0, 0.05) is 16.5 Å². The summed E-state index contributed by atoms with van der Waals surface area (Å²) in [7, 11) is 1.31. The highest BCUT2D eigenvalue weighted by Crippen LogP contribution is 2.21. The van der Waals surface area contributed by atoms with E-state index >= 15 is 0 Å². The molecule has 0 unspecified atom stereocenters. The molecular formula is C11H10BrNO3. The van der Waals surface area contributed by atoms with Crippen molar-refractivity contribution in [2.75, 3.05) is 7.11 Å². The molecule has 1 aromatic carbocycles. The van der Waals surface area contributed by atoms with Gasteiger partial charge in [0.1, 0.15) is 6.04 Å². The minimum Gasteiger partial charge on any atom is -0.467 e. The Morgan fingerprint density at radius 1 is 1.56 bits per heavy atom. The third kappa shape index (κ3) is 1.95. The fourth-order valence-corrected chi connectivity index (χ4v) is 2.15. The summed E-state index contributed by atoms with van der Waals surface area (Å²) in [6.07, 6.45) is 0.465. The summed E-state index contributed by atoms with van der Waals surface area (Å²) in [5, 5.41) is 2.61. The van der Waals surface area contributed by atoms with Crippen molar-refractivity contribution in [3.8, 4) is 0 Å². The number of carbonyl (C=O) groups is 2. The zero-order valence-electron chi connectivity index (χ0n) is 8.62. The Morgan fingerprint density at radius 2 is 2.31 bits per heavy atom. The zero-order valence-corrected chi connectivity index (χ0v) is 10.2. The van der Waals surface area contributed by atoms with E-state index in [2.05, 4.69) is 26.0 Å². The number of methoxy groups -OCH3 is 1. The molecule has 1 heterocycles. The number of hydrogen-bond acceptors (Lipinski definition) is 3. The quantitative estimate of drug-likeness (QED) is 0.790. The number of amides is 1. The van der Waals surface area contributed by atoms with Crippen LogP contribution in [0.4, 0.5) is 0 Å². The summed E-state index contributed by atoms with van der Waals surface area (Å²) in [6, 6.07) is 4.81.